The summed E-state index contributed by atoms with van der Waals surface area (Å²) in [6, 6.07) is 18.1. The summed E-state index contributed by atoms with van der Waals surface area (Å²) < 4.78 is 11.9. The van der Waals surface area contributed by atoms with Crippen LogP contribution in [0.25, 0.3) is 0 Å². The van der Waals surface area contributed by atoms with Crippen LogP contribution in [0.4, 0.5) is 0 Å². The molecule has 0 saturated carbocycles. The van der Waals surface area contributed by atoms with Gasteiger partial charge in [0.15, 0.2) is 0 Å². The minimum atomic E-state index is -0.524. The number of carbonyl (C=O) groups is 1. The molecule has 2 fully saturated rings. The standard InChI is InChI=1S/C28H31N3O3/c1-21-8-5-6-12-24(21)34-26-25(29-15-16-30-26)22-9-7-17-31(20-22)27(32)28(13-18-33-19-14-28)23-10-3-2-4-11-23/h2-6,8,10-12,15-16,22H,7,9,13-14,17-20H2,1H3. The zero-order valence-corrected chi connectivity index (χ0v) is 19.7. The molecule has 3 aromatic rings. The van der Waals surface area contributed by atoms with E-state index < -0.39 is 5.41 Å². The summed E-state index contributed by atoms with van der Waals surface area (Å²) in [5, 5.41) is 0. The highest BCUT2D eigenvalue weighted by Gasteiger charge is 2.45. The average molecular weight is 458 g/mol. The van der Waals surface area contributed by atoms with Gasteiger partial charge in [-0.1, -0.05) is 48.5 Å². The Morgan fingerprint density at radius 1 is 1.03 bits per heavy atom. The van der Waals surface area contributed by atoms with Crippen LogP contribution in [-0.2, 0) is 14.9 Å². The third kappa shape index (κ3) is 4.42. The summed E-state index contributed by atoms with van der Waals surface area (Å²) in [5.41, 5.74) is 2.44. The first-order valence-corrected chi connectivity index (χ1v) is 12.1. The maximum atomic E-state index is 14.1. The Morgan fingerprint density at radius 3 is 2.56 bits per heavy atom. The van der Waals surface area contributed by atoms with Gasteiger partial charge in [-0.05, 0) is 49.8 Å². The predicted molar refractivity (Wildman–Crippen MR) is 130 cm³/mol. The maximum absolute atomic E-state index is 14.1. The van der Waals surface area contributed by atoms with Gasteiger partial charge in [0.1, 0.15) is 11.4 Å². The minimum Gasteiger partial charge on any atom is -0.437 e. The van der Waals surface area contributed by atoms with Gasteiger partial charge in [0, 0.05) is 44.6 Å². The van der Waals surface area contributed by atoms with E-state index in [9.17, 15) is 4.79 Å². The molecule has 1 amide bonds. The molecule has 1 atom stereocenters. The molecule has 1 unspecified atom stereocenters. The van der Waals surface area contributed by atoms with Gasteiger partial charge in [-0.3, -0.25) is 9.78 Å². The molecule has 0 spiro atoms. The lowest BCUT2D eigenvalue weighted by atomic mass is 9.72. The van der Waals surface area contributed by atoms with Crippen molar-refractivity contribution in [1.29, 1.82) is 0 Å². The highest BCUT2D eigenvalue weighted by molar-refractivity contribution is 5.88. The molecule has 0 N–H and O–H groups in total. The Hall–Kier alpha value is -3.25. The van der Waals surface area contributed by atoms with Crippen molar-refractivity contribution in [1.82, 2.24) is 14.9 Å². The van der Waals surface area contributed by atoms with Gasteiger partial charge in [-0.15, -0.1) is 0 Å². The molecule has 34 heavy (non-hydrogen) atoms. The topological polar surface area (TPSA) is 64.6 Å². The van der Waals surface area contributed by atoms with Crippen molar-refractivity contribution in [3.8, 4) is 11.6 Å². The minimum absolute atomic E-state index is 0.0816. The van der Waals surface area contributed by atoms with Crippen molar-refractivity contribution >= 4 is 5.91 Å². The smallest absolute Gasteiger partial charge is 0.241 e. The summed E-state index contributed by atoms with van der Waals surface area (Å²) in [4.78, 5) is 25.3. The molecule has 6 nitrogen and oxygen atoms in total. The van der Waals surface area contributed by atoms with Gasteiger partial charge in [-0.25, -0.2) is 4.98 Å². The summed E-state index contributed by atoms with van der Waals surface area (Å²) in [5.74, 6) is 1.59. The van der Waals surface area contributed by atoms with Crippen molar-refractivity contribution in [2.24, 2.45) is 0 Å². The fraction of sp³-hybridized carbons (Fsp3) is 0.393. The third-order valence-electron chi connectivity index (χ3n) is 7.17. The second-order valence-corrected chi connectivity index (χ2v) is 9.27. The van der Waals surface area contributed by atoms with Crippen LogP contribution in [0, 0.1) is 6.92 Å². The molecule has 2 saturated heterocycles. The molecule has 0 bridgehead atoms. The van der Waals surface area contributed by atoms with E-state index in [2.05, 4.69) is 22.1 Å². The summed E-state index contributed by atoms with van der Waals surface area (Å²) in [6.45, 7) is 4.62. The Kier molecular flexibility index (Phi) is 6.59. The molecule has 6 heteroatoms. The summed E-state index contributed by atoms with van der Waals surface area (Å²) in [6.07, 6.45) is 6.68. The monoisotopic (exact) mass is 457 g/mol. The number of benzene rings is 2. The molecular weight excluding hydrogens is 426 g/mol. The van der Waals surface area contributed by atoms with E-state index in [1.54, 1.807) is 12.4 Å². The third-order valence-corrected chi connectivity index (χ3v) is 7.17. The maximum Gasteiger partial charge on any atom is 0.241 e. The van der Waals surface area contributed by atoms with E-state index in [0.717, 1.165) is 42.0 Å². The fourth-order valence-electron chi connectivity index (χ4n) is 5.26. The Balaban J connectivity index is 1.40. The van der Waals surface area contributed by atoms with Gasteiger partial charge < -0.3 is 14.4 Å². The number of aryl methyl sites for hydroxylation is 1. The average Bonchev–Trinajstić information content (AvgIpc) is 2.91. The summed E-state index contributed by atoms with van der Waals surface area (Å²) in [7, 11) is 0. The zero-order valence-electron chi connectivity index (χ0n) is 19.7. The number of hydrogen-bond donors (Lipinski definition) is 0. The van der Waals surface area contributed by atoms with Crippen LogP contribution in [0.5, 0.6) is 11.6 Å². The van der Waals surface area contributed by atoms with Crippen molar-refractivity contribution < 1.29 is 14.3 Å². The molecule has 2 aliphatic heterocycles. The molecular formula is C28H31N3O3. The van der Waals surface area contributed by atoms with Gasteiger partial charge in [0.05, 0.1) is 5.41 Å². The van der Waals surface area contributed by atoms with E-state index in [4.69, 9.17) is 9.47 Å². The lowest BCUT2D eigenvalue weighted by Crippen LogP contribution is -2.52. The number of piperidine rings is 1. The molecule has 5 rings (SSSR count). The van der Waals surface area contributed by atoms with Crippen LogP contribution in [0.1, 0.15) is 48.4 Å². The van der Waals surface area contributed by atoms with Crippen LogP contribution >= 0.6 is 0 Å². The van der Waals surface area contributed by atoms with Gasteiger partial charge in [0.2, 0.25) is 11.8 Å². The predicted octanol–water partition coefficient (Wildman–Crippen LogP) is 5.03. The van der Waals surface area contributed by atoms with Gasteiger partial charge >= 0.3 is 0 Å². The first-order valence-electron chi connectivity index (χ1n) is 12.1. The Morgan fingerprint density at radius 2 is 1.76 bits per heavy atom. The molecule has 176 valence electrons. The van der Waals surface area contributed by atoms with Crippen LogP contribution in [0.3, 0.4) is 0 Å². The van der Waals surface area contributed by atoms with E-state index in [1.807, 2.05) is 54.3 Å². The van der Waals surface area contributed by atoms with Crippen molar-refractivity contribution in [3.63, 3.8) is 0 Å². The van der Waals surface area contributed by atoms with E-state index in [-0.39, 0.29) is 11.8 Å². The number of para-hydroxylation sites is 1. The lowest BCUT2D eigenvalue weighted by Gasteiger charge is -2.42. The first-order chi connectivity index (χ1) is 16.7. The van der Waals surface area contributed by atoms with Gasteiger partial charge in [-0.2, -0.15) is 0 Å². The lowest BCUT2D eigenvalue weighted by molar-refractivity contribution is -0.142. The molecule has 3 heterocycles. The second-order valence-electron chi connectivity index (χ2n) is 9.27. The SMILES string of the molecule is Cc1ccccc1Oc1nccnc1C1CCCN(C(=O)C2(c3ccccc3)CCOCC2)C1. The summed E-state index contributed by atoms with van der Waals surface area (Å²) >= 11 is 0. The zero-order chi connectivity index (χ0) is 23.4. The molecule has 2 aromatic carbocycles. The molecule has 0 radical (unpaired) electrons. The number of carbonyl (C=O) groups excluding carboxylic acids is 1. The fourth-order valence-corrected chi connectivity index (χ4v) is 5.26. The van der Waals surface area contributed by atoms with Crippen LogP contribution < -0.4 is 4.74 Å². The van der Waals surface area contributed by atoms with Gasteiger partial charge in [0.25, 0.3) is 0 Å². The van der Waals surface area contributed by atoms with E-state index in [1.165, 1.54) is 0 Å². The van der Waals surface area contributed by atoms with Crippen LogP contribution in [0.15, 0.2) is 67.0 Å². The first kappa shape index (κ1) is 22.5. The highest BCUT2D eigenvalue weighted by atomic mass is 16.5. The number of rotatable bonds is 5. The molecule has 2 aliphatic rings. The van der Waals surface area contributed by atoms with Crippen LogP contribution in [0.2, 0.25) is 0 Å². The molecule has 1 aromatic heterocycles. The number of likely N-dealkylation sites (tertiary alicyclic amines) is 1. The quantitative estimate of drug-likeness (QED) is 0.538. The Bertz CT molecular complexity index is 1130. The number of hydrogen-bond acceptors (Lipinski definition) is 5. The van der Waals surface area contributed by atoms with E-state index in [0.29, 0.717) is 38.5 Å². The number of nitrogens with zero attached hydrogens (tertiary/aromatic N) is 3. The van der Waals surface area contributed by atoms with Crippen LogP contribution in [-0.4, -0.2) is 47.1 Å². The molecule has 0 aliphatic carbocycles. The second kappa shape index (κ2) is 9.94. The number of ether oxygens (including phenoxy) is 2. The van der Waals surface area contributed by atoms with E-state index >= 15 is 0 Å². The number of amides is 1. The van der Waals surface area contributed by atoms with Crippen molar-refractivity contribution in [2.45, 2.75) is 43.9 Å². The largest absolute Gasteiger partial charge is 0.437 e. The normalized spacial score (nSPS) is 20.0. The van der Waals surface area contributed by atoms with Crippen molar-refractivity contribution in [3.05, 3.63) is 83.8 Å². The van der Waals surface area contributed by atoms with Crippen molar-refractivity contribution in [2.75, 3.05) is 26.3 Å². The highest BCUT2D eigenvalue weighted by Crippen LogP contribution is 2.39. The Labute approximate surface area is 201 Å². The number of aromatic nitrogens is 2.